The first-order chi connectivity index (χ1) is 18.3. The molecule has 0 saturated carbocycles. The molecule has 1 N–H and O–H groups in total. The Morgan fingerprint density at radius 2 is 1.95 bits per heavy atom. The fourth-order valence-electron chi connectivity index (χ4n) is 4.61. The lowest BCUT2D eigenvalue weighted by Gasteiger charge is -2.32. The first-order valence-corrected chi connectivity index (χ1v) is 13.0. The van der Waals surface area contributed by atoms with Crippen LogP contribution >= 0.6 is 0 Å². The third-order valence-corrected chi connectivity index (χ3v) is 6.77. The van der Waals surface area contributed by atoms with Crippen LogP contribution in [-0.4, -0.2) is 58.7 Å². The number of benzene rings is 2. The number of amides is 2. The van der Waals surface area contributed by atoms with Gasteiger partial charge in [-0.2, -0.15) is 4.98 Å². The number of nitrogens with one attached hydrogen (secondary N) is 1. The second-order valence-corrected chi connectivity index (χ2v) is 9.68. The monoisotopic (exact) mass is 522 g/mol. The van der Waals surface area contributed by atoms with Gasteiger partial charge in [-0.05, 0) is 55.7 Å². The minimum atomic E-state index is -0.264. The smallest absolute Gasteiger partial charge is 0.257 e. The molecule has 10 heteroatoms. The van der Waals surface area contributed by atoms with Crippen molar-refractivity contribution in [1.82, 2.24) is 25.5 Å². The van der Waals surface area contributed by atoms with E-state index in [0.717, 1.165) is 41.6 Å². The number of aryl methyl sites for hydroxylation is 2. The molecule has 2 aromatic carbocycles. The maximum Gasteiger partial charge on any atom is 0.257 e. The van der Waals surface area contributed by atoms with Crippen LogP contribution in [-0.2, 0) is 22.7 Å². The Bertz CT molecular complexity index is 1290. The van der Waals surface area contributed by atoms with Crippen molar-refractivity contribution in [2.45, 2.75) is 53.1 Å². The molecule has 2 heterocycles. The molecule has 2 amide bonds. The molecule has 0 fully saturated rings. The summed E-state index contributed by atoms with van der Waals surface area (Å²) in [4.78, 5) is 32.3. The minimum Gasteiger partial charge on any atom is -0.355 e. The molecule has 0 bridgehead atoms. The highest BCUT2D eigenvalue weighted by molar-refractivity contribution is 5.87. The average Bonchev–Trinajstić information content (AvgIpc) is 3.53. The van der Waals surface area contributed by atoms with Crippen LogP contribution in [0.25, 0.3) is 11.5 Å². The minimum absolute atomic E-state index is 0.0198. The van der Waals surface area contributed by atoms with Gasteiger partial charge < -0.3 is 14.7 Å². The van der Waals surface area contributed by atoms with Gasteiger partial charge in [-0.3, -0.25) is 14.6 Å². The average molecular weight is 523 g/mol. The number of hydrazine groups is 1. The second kappa shape index (κ2) is 12.2. The molecule has 0 radical (unpaired) electrons. The molecule has 1 aromatic heterocycles. The maximum atomic E-state index is 14.3. The van der Waals surface area contributed by atoms with Crippen molar-refractivity contribution in [3.8, 4) is 11.5 Å². The van der Waals surface area contributed by atoms with Crippen LogP contribution in [0.3, 0.4) is 0 Å². The molecule has 1 aliphatic heterocycles. The molecule has 0 aliphatic carbocycles. The standard InChI is InChI=1S/C28H35FN6O3/c1-5-6-7-13-30-26(36)17-34(25-12-11-21(14-19(25)2)28-31-20(3)32-38-28)18-27(37)33(4)35-15-22-9-8-10-24(29)23(22)16-35/h8-12,14H,5-7,13,15-18H2,1-4H3,(H,30,36). The Morgan fingerprint density at radius 1 is 1.13 bits per heavy atom. The van der Waals surface area contributed by atoms with E-state index in [1.807, 2.05) is 36.2 Å². The Kier molecular flexibility index (Phi) is 8.73. The normalized spacial score (nSPS) is 12.9. The van der Waals surface area contributed by atoms with Crippen molar-refractivity contribution in [3.63, 3.8) is 0 Å². The highest BCUT2D eigenvalue weighted by Gasteiger charge is 2.28. The molecule has 0 spiro atoms. The summed E-state index contributed by atoms with van der Waals surface area (Å²) in [6.07, 6.45) is 3.02. The Labute approximate surface area is 222 Å². The number of hydrogen-bond donors (Lipinski definition) is 1. The molecule has 1 aliphatic rings. The zero-order valence-electron chi connectivity index (χ0n) is 22.5. The summed E-state index contributed by atoms with van der Waals surface area (Å²) in [5.41, 5.74) is 3.86. The third-order valence-electron chi connectivity index (χ3n) is 6.77. The number of aromatic nitrogens is 2. The zero-order valence-corrected chi connectivity index (χ0v) is 22.5. The lowest BCUT2D eigenvalue weighted by atomic mass is 10.1. The van der Waals surface area contributed by atoms with E-state index in [1.54, 1.807) is 24.9 Å². The van der Waals surface area contributed by atoms with Crippen LogP contribution in [0.1, 0.15) is 48.7 Å². The summed E-state index contributed by atoms with van der Waals surface area (Å²) >= 11 is 0. The van der Waals surface area contributed by atoms with E-state index in [4.69, 9.17) is 4.52 Å². The summed E-state index contributed by atoms with van der Waals surface area (Å²) in [6, 6.07) is 10.6. The molecular weight excluding hydrogens is 487 g/mol. The second-order valence-electron chi connectivity index (χ2n) is 9.68. The number of anilines is 1. The number of likely N-dealkylation sites (N-methyl/N-ethyl adjacent to an activating group) is 1. The van der Waals surface area contributed by atoms with Crippen LogP contribution in [0.4, 0.5) is 10.1 Å². The van der Waals surface area contributed by atoms with Gasteiger partial charge in [-0.1, -0.05) is 37.1 Å². The van der Waals surface area contributed by atoms with Gasteiger partial charge in [0.2, 0.25) is 5.91 Å². The fraction of sp³-hybridized carbons (Fsp3) is 0.429. The van der Waals surface area contributed by atoms with Crippen LogP contribution in [0, 0.1) is 19.7 Å². The number of rotatable bonds is 11. The van der Waals surface area contributed by atoms with E-state index in [-0.39, 0.29) is 30.7 Å². The summed E-state index contributed by atoms with van der Waals surface area (Å²) in [5, 5.41) is 10.1. The van der Waals surface area contributed by atoms with E-state index in [0.29, 0.717) is 36.9 Å². The number of nitrogens with zero attached hydrogens (tertiary/aromatic N) is 5. The quantitative estimate of drug-likeness (QED) is 0.381. The lowest BCUT2D eigenvalue weighted by molar-refractivity contribution is -0.145. The van der Waals surface area contributed by atoms with E-state index < -0.39 is 0 Å². The number of carbonyl (C=O) groups is 2. The van der Waals surface area contributed by atoms with Gasteiger partial charge in [-0.15, -0.1) is 0 Å². The van der Waals surface area contributed by atoms with E-state index >= 15 is 0 Å². The molecule has 0 saturated heterocycles. The third kappa shape index (κ3) is 6.36. The summed E-state index contributed by atoms with van der Waals surface area (Å²) < 4.78 is 19.5. The van der Waals surface area contributed by atoms with Crippen molar-refractivity contribution in [2.75, 3.05) is 31.6 Å². The van der Waals surface area contributed by atoms with Gasteiger partial charge in [0.05, 0.1) is 13.1 Å². The topological polar surface area (TPSA) is 94.8 Å². The van der Waals surface area contributed by atoms with Gasteiger partial charge in [0, 0.05) is 43.5 Å². The molecule has 9 nitrogen and oxygen atoms in total. The van der Waals surface area contributed by atoms with Crippen molar-refractivity contribution < 1.29 is 18.5 Å². The molecular formula is C28H35FN6O3. The molecule has 202 valence electrons. The summed E-state index contributed by atoms with van der Waals surface area (Å²) in [7, 11) is 1.68. The van der Waals surface area contributed by atoms with Crippen LogP contribution < -0.4 is 10.2 Å². The van der Waals surface area contributed by atoms with Gasteiger partial charge in [0.25, 0.3) is 11.8 Å². The first-order valence-electron chi connectivity index (χ1n) is 13.0. The van der Waals surface area contributed by atoms with Crippen molar-refractivity contribution >= 4 is 17.5 Å². The molecule has 4 rings (SSSR count). The van der Waals surface area contributed by atoms with Gasteiger partial charge in [-0.25, -0.2) is 9.40 Å². The first kappa shape index (κ1) is 27.3. The Morgan fingerprint density at radius 3 is 2.63 bits per heavy atom. The lowest BCUT2D eigenvalue weighted by Crippen LogP contribution is -2.48. The predicted octanol–water partition coefficient (Wildman–Crippen LogP) is 3.99. The number of fused-ring (bicyclic) bond motifs is 1. The van der Waals surface area contributed by atoms with E-state index in [9.17, 15) is 14.0 Å². The van der Waals surface area contributed by atoms with Crippen LogP contribution in [0.2, 0.25) is 0 Å². The molecule has 38 heavy (non-hydrogen) atoms. The number of unbranched alkanes of at least 4 members (excludes halogenated alkanes) is 2. The highest BCUT2D eigenvalue weighted by Crippen LogP contribution is 2.28. The van der Waals surface area contributed by atoms with Crippen LogP contribution in [0.5, 0.6) is 0 Å². The maximum absolute atomic E-state index is 14.3. The van der Waals surface area contributed by atoms with Gasteiger partial charge in [0.1, 0.15) is 5.82 Å². The van der Waals surface area contributed by atoms with Gasteiger partial charge >= 0.3 is 0 Å². The zero-order chi connectivity index (χ0) is 27.2. The Hall–Kier alpha value is -3.79. The SMILES string of the molecule is CCCCCNC(=O)CN(CC(=O)N(C)N1Cc2cccc(F)c2C1)c1ccc(-c2nc(C)no2)cc1C. The van der Waals surface area contributed by atoms with E-state index in [2.05, 4.69) is 22.4 Å². The number of halogens is 1. The molecule has 0 atom stereocenters. The fourth-order valence-corrected chi connectivity index (χ4v) is 4.61. The summed E-state index contributed by atoms with van der Waals surface area (Å²) in [6.45, 7) is 7.16. The molecule has 0 unspecified atom stereocenters. The predicted molar refractivity (Wildman–Crippen MR) is 142 cm³/mol. The van der Waals surface area contributed by atoms with Crippen molar-refractivity contribution in [1.29, 1.82) is 0 Å². The van der Waals surface area contributed by atoms with Gasteiger partial charge in [0.15, 0.2) is 5.82 Å². The summed E-state index contributed by atoms with van der Waals surface area (Å²) in [5.74, 6) is 0.338. The van der Waals surface area contributed by atoms with Crippen molar-refractivity contribution in [2.24, 2.45) is 0 Å². The van der Waals surface area contributed by atoms with Crippen LogP contribution in [0.15, 0.2) is 40.9 Å². The number of hydrogen-bond acceptors (Lipinski definition) is 7. The Balaban J connectivity index is 1.50. The highest BCUT2D eigenvalue weighted by atomic mass is 19.1. The molecule has 3 aromatic rings. The number of carbonyl (C=O) groups excluding carboxylic acids is 2. The largest absolute Gasteiger partial charge is 0.355 e. The van der Waals surface area contributed by atoms with Crippen molar-refractivity contribution in [3.05, 3.63) is 64.7 Å². The van der Waals surface area contributed by atoms with E-state index in [1.165, 1.54) is 11.1 Å².